The molecule has 2 saturated carbocycles. The Bertz CT molecular complexity index is 483. The van der Waals surface area contributed by atoms with Crippen molar-refractivity contribution in [1.29, 1.82) is 0 Å². The maximum atomic E-state index is 9.36. The van der Waals surface area contributed by atoms with Crippen molar-refractivity contribution >= 4 is 11.4 Å². The summed E-state index contributed by atoms with van der Waals surface area (Å²) in [5.74, 6) is 1.10. The molecule has 1 aromatic carbocycles. The molecule has 3 rings (SSSR count). The first-order chi connectivity index (χ1) is 9.35. The molecule has 3 atom stereocenters. The van der Waals surface area contributed by atoms with Gasteiger partial charge < -0.3 is 10.1 Å². The van der Waals surface area contributed by atoms with Crippen LogP contribution in [0.4, 0.5) is 5.69 Å². The van der Waals surface area contributed by atoms with E-state index >= 15 is 0 Å². The Morgan fingerprint density at radius 1 is 1.32 bits per heavy atom. The van der Waals surface area contributed by atoms with Crippen LogP contribution in [0.2, 0.25) is 0 Å². The summed E-state index contributed by atoms with van der Waals surface area (Å²) in [5.41, 5.74) is 2.16. The van der Waals surface area contributed by atoms with Gasteiger partial charge in [-0.3, -0.25) is 0 Å². The zero-order valence-electron chi connectivity index (χ0n) is 11.1. The zero-order chi connectivity index (χ0) is 13.2. The van der Waals surface area contributed by atoms with Gasteiger partial charge in [0, 0.05) is 18.2 Å². The number of rotatable bonds is 4. The van der Waals surface area contributed by atoms with Crippen LogP contribution in [0.1, 0.15) is 19.3 Å². The Morgan fingerprint density at radius 3 is 2.79 bits per heavy atom. The van der Waals surface area contributed by atoms with Gasteiger partial charge in [0.2, 0.25) is 0 Å². The molecule has 1 N–H and O–H groups in total. The first-order valence-corrected chi connectivity index (χ1v) is 6.99. The van der Waals surface area contributed by atoms with E-state index in [1.54, 1.807) is 0 Å². The van der Waals surface area contributed by atoms with Crippen molar-refractivity contribution in [2.24, 2.45) is 17.0 Å². The lowest BCUT2D eigenvalue weighted by molar-refractivity contribution is 0.311. The Balaban J connectivity index is 1.94. The standard InChI is InChI=1S/C16H20N2O/c1-2-10-18(14-6-4-3-5-7-14)16-13-9-8-12(11-13)15(16)17-19/h2-7,12-13,16,19H,1,8-11H2/b17-15+. The monoisotopic (exact) mass is 256 g/mol. The normalized spacial score (nSPS) is 30.7. The van der Waals surface area contributed by atoms with Crippen molar-refractivity contribution in [1.82, 2.24) is 0 Å². The minimum Gasteiger partial charge on any atom is -0.411 e. The van der Waals surface area contributed by atoms with Crippen LogP contribution < -0.4 is 4.90 Å². The van der Waals surface area contributed by atoms with Gasteiger partial charge in [-0.15, -0.1) is 6.58 Å². The maximum Gasteiger partial charge on any atom is 0.0828 e. The molecule has 100 valence electrons. The van der Waals surface area contributed by atoms with Crippen LogP contribution in [-0.4, -0.2) is 23.5 Å². The predicted molar refractivity (Wildman–Crippen MR) is 77.8 cm³/mol. The van der Waals surface area contributed by atoms with E-state index in [9.17, 15) is 5.21 Å². The lowest BCUT2D eigenvalue weighted by Crippen LogP contribution is -2.45. The number of nitrogens with zero attached hydrogens (tertiary/aromatic N) is 2. The van der Waals surface area contributed by atoms with Crippen LogP contribution in [0.15, 0.2) is 48.1 Å². The molecule has 19 heavy (non-hydrogen) atoms. The second kappa shape index (κ2) is 5.08. The van der Waals surface area contributed by atoms with Gasteiger partial charge in [0.05, 0.1) is 11.8 Å². The first kappa shape index (κ1) is 12.3. The van der Waals surface area contributed by atoms with Crippen molar-refractivity contribution in [2.75, 3.05) is 11.4 Å². The summed E-state index contributed by atoms with van der Waals surface area (Å²) < 4.78 is 0. The average Bonchev–Trinajstić information content (AvgIpc) is 3.06. The number of hydrogen-bond donors (Lipinski definition) is 1. The number of para-hydroxylation sites is 1. The molecule has 2 bridgehead atoms. The van der Waals surface area contributed by atoms with Crippen LogP contribution in [-0.2, 0) is 0 Å². The number of fused-ring (bicyclic) bond motifs is 2. The van der Waals surface area contributed by atoms with Crippen molar-refractivity contribution < 1.29 is 5.21 Å². The molecule has 1 aromatic rings. The molecule has 0 radical (unpaired) electrons. The summed E-state index contributed by atoms with van der Waals surface area (Å²) in [5, 5.41) is 13.0. The number of hydrogen-bond acceptors (Lipinski definition) is 3. The molecule has 0 aliphatic heterocycles. The Labute approximate surface area is 114 Å². The van der Waals surface area contributed by atoms with Crippen molar-refractivity contribution in [3.8, 4) is 0 Å². The van der Waals surface area contributed by atoms with Gasteiger partial charge >= 0.3 is 0 Å². The van der Waals surface area contributed by atoms with Crippen LogP contribution in [0, 0.1) is 11.8 Å². The molecule has 0 saturated heterocycles. The third-order valence-electron chi connectivity index (χ3n) is 4.51. The highest BCUT2D eigenvalue weighted by molar-refractivity contribution is 5.97. The number of anilines is 1. The van der Waals surface area contributed by atoms with E-state index < -0.39 is 0 Å². The molecular weight excluding hydrogens is 236 g/mol. The summed E-state index contributed by atoms with van der Waals surface area (Å²) in [4.78, 5) is 2.33. The molecule has 0 heterocycles. The average molecular weight is 256 g/mol. The van der Waals surface area contributed by atoms with Crippen LogP contribution in [0.25, 0.3) is 0 Å². The van der Waals surface area contributed by atoms with Crippen LogP contribution >= 0.6 is 0 Å². The van der Waals surface area contributed by atoms with E-state index in [0.29, 0.717) is 11.8 Å². The van der Waals surface area contributed by atoms with Gasteiger partial charge in [-0.25, -0.2) is 0 Å². The summed E-state index contributed by atoms with van der Waals surface area (Å²) >= 11 is 0. The zero-order valence-corrected chi connectivity index (χ0v) is 11.1. The quantitative estimate of drug-likeness (QED) is 0.509. The van der Waals surface area contributed by atoms with Gasteiger partial charge in [-0.1, -0.05) is 29.4 Å². The SMILES string of the molecule is C=CCN(c1ccccc1)C1/C(=N/O)C2CCC1C2. The fraction of sp³-hybridized carbons (Fsp3) is 0.438. The molecule has 3 heteroatoms. The van der Waals surface area contributed by atoms with Gasteiger partial charge in [0.1, 0.15) is 0 Å². The second-order valence-electron chi connectivity index (χ2n) is 5.52. The lowest BCUT2D eigenvalue weighted by atomic mass is 9.91. The second-order valence-corrected chi connectivity index (χ2v) is 5.52. The van der Waals surface area contributed by atoms with E-state index in [1.807, 2.05) is 24.3 Å². The Kier molecular flexibility index (Phi) is 3.28. The van der Waals surface area contributed by atoms with E-state index in [4.69, 9.17) is 0 Å². The van der Waals surface area contributed by atoms with Gasteiger partial charge in [-0.2, -0.15) is 0 Å². The fourth-order valence-electron chi connectivity index (χ4n) is 3.75. The summed E-state index contributed by atoms with van der Waals surface area (Å²) in [6, 6.07) is 10.6. The third kappa shape index (κ3) is 2.03. The molecule has 0 amide bonds. The Hall–Kier alpha value is -1.77. The molecule has 2 aliphatic rings. The van der Waals surface area contributed by atoms with Crippen LogP contribution in [0.3, 0.4) is 0 Å². The fourth-order valence-corrected chi connectivity index (χ4v) is 3.75. The highest BCUT2D eigenvalue weighted by atomic mass is 16.4. The minimum atomic E-state index is 0.240. The smallest absolute Gasteiger partial charge is 0.0828 e. The van der Waals surface area contributed by atoms with E-state index in [2.05, 4.69) is 28.8 Å². The van der Waals surface area contributed by atoms with Crippen LogP contribution in [0.5, 0.6) is 0 Å². The summed E-state index contributed by atoms with van der Waals surface area (Å²) in [6.07, 6.45) is 5.52. The lowest BCUT2D eigenvalue weighted by Gasteiger charge is -2.36. The summed E-state index contributed by atoms with van der Waals surface area (Å²) in [7, 11) is 0. The molecule has 0 spiro atoms. The molecular formula is C16H20N2O. The molecule has 3 nitrogen and oxygen atoms in total. The van der Waals surface area contributed by atoms with E-state index in [1.165, 1.54) is 24.9 Å². The topological polar surface area (TPSA) is 35.8 Å². The molecule has 2 fully saturated rings. The highest BCUT2D eigenvalue weighted by Crippen LogP contribution is 2.45. The predicted octanol–water partition coefficient (Wildman–Crippen LogP) is 3.31. The highest BCUT2D eigenvalue weighted by Gasteiger charge is 2.48. The molecule has 0 aromatic heterocycles. The maximum absolute atomic E-state index is 9.36. The van der Waals surface area contributed by atoms with E-state index in [-0.39, 0.29) is 6.04 Å². The Morgan fingerprint density at radius 2 is 2.11 bits per heavy atom. The first-order valence-electron chi connectivity index (χ1n) is 6.99. The van der Waals surface area contributed by atoms with Crippen molar-refractivity contribution in [3.05, 3.63) is 43.0 Å². The van der Waals surface area contributed by atoms with Gasteiger partial charge in [0.25, 0.3) is 0 Å². The number of benzene rings is 1. The molecule has 2 aliphatic carbocycles. The van der Waals surface area contributed by atoms with Crippen molar-refractivity contribution in [2.45, 2.75) is 25.3 Å². The summed E-state index contributed by atoms with van der Waals surface area (Å²) in [6.45, 7) is 4.65. The number of oxime groups is 1. The molecule has 3 unspecified atom stereocenters. The minimum absolute atomic E-state index is 0.240. The van der Waals surface area contributed by atoms with Gasteiger partial charge in [0.15, 0.2) is 0 Å². The largest absolute Gasteiger partial charge is 0.411 e. The van der Waals surface area contributed by atoms with E-state index in [0.717, 1.165) is 12.3 Å². The third-order valence-corrected chi connectivity index (χ3v) is 4.51. The van der Waals surface area contributed by atoms with Crippen molar-refractivity contribution in [3.63, 3.8) is 0 Å². The van der Waals surface area contributed by atoms with Gasteiger partial charge in [-0.05, 0) is 37.3 Å².